The van der Waals surface area contributed by atoms with Crippen LogP contribution in [0, 0.1) is 0 Å². The van der Waals surface area contributed by atoms with Crippen molar-refractivity contribution in [3.05, 3.63) is 63.1 Å². The summed E-state index contributed by atoms with van der Waals surface area (Å²) >= 11 is 9.87. The van der Waals surface area contributed by atoms with E-state index in [1.807, 2.05) is 49.5 Å². The Bertz CT molecular complexity index is 574. The largest absolute Gasteiger partial charge is 0.497 e. The van der Waals surface area contributed by atoms with Gasteiger partial charge in [0.2, 0.25) is 0 Å². The van der Waals surface area contributed by atoms with E-state index in [1.165, 1.54) is 0 Å². The van der Waals surface area contributed by atoms with Crippen molar-refractivity contribution in [2.45, 2.75) is 6.04 Å². The summed E-state index contributed by atoms with van der Waals surface area (Å²) in [5.74, 6) is 0.825. The molecule has 2 nitrogen and oxygen atoms in total. The van der Waals surface area contributed by atoms with Crippen LogP contribution in [0.5, 0.6) is 5.75 Å². The fraction of sp³-hybridized carbons (Fsp3) is 0.200. The molecule has 0 radical (unpaired) electrons. The van der Waals surface area contributed by atoms with Crippen LogP contribution >= 0.6 is 27.5 Å². The third kappa shape index (κ3) is 3.11. The van der Waals surface area contributed by atoms with E-state index >= 15 is 0 Å². The Morgan fingerprint density at radius 2 is 1.89 bits per heavy atom. The first-order chi connectivity index (χ1) is 9.17. The molecular weight excluding hydrogens is 326 g/mol. The third-order valence-corrected chi connectivity index (χ3v) is 4.09. The van der Waals surface area contributed by atoms with Crippen LogP contribution in [0.3, 0.4) is 0 Å². The Balaban J connectivity index is 2.51. The van der Waals surface area contributed by atoms with Crippen molar-refractivity contribution < 1.29 is 4.74 Å². The predicted molar refractivity (Wildman–Crippen MR) is 83.0 cm³/mol. The molecule has 0 fully saturated rings. The van der Waals surface area contributed by atoms with Crippen LogP contribution in [-0.2, 0) is 0 Å². The Kier molecular flexibility index (Phi) is 4.86. The molecule has 2 aromatic carbocycles. The quantitative estimate of drug-likeness (QED) is 0.889. The molecule has 1 atom stereocenters. The maximum Gasteiger partial charge on any atom is 0.119 e. The maximum atomic E-state index is 6.29. The topological polar surface area (TPSA) is 21.3 Å². The van der Waals surface area contributed by atoms with Crippen molar-refractivity contribution in [2.75, 3.05) is 14.2 Å². The molecule has 19 heavy (non-hydrogen) atoms. The second-order valence-corrected chi connectivity index (χ2v) is 5.39. The molecule has 0 aromatic heterocycles. The van der Waals surface area contributed by atoms with Gasteiger partial charge < -0.3 is 10.1 Å². The number of rotatable bonds is 4. The summed E-state index contributed by atoms with van der Waals surface area (Å²) in [6.07, 6.45) is 0. The van der Waals surface area contributed by atoms with E-state index < -0.39 is 0 Å². The van der Waals surface area contributed by atoms with Gasteiger partial charge in [-0.15, -0.1) is 0 Å². The van der Waals surface area contributed by atoms with Crippen LogP contribution in [0.2, 0.25) is 5.02 Å². The molecule has 0 saturated carbocycles. The second-order valence-electron chi connectivity index (χ2n) is 4.13. The molecule has 100 valence electrons. The van der Waals surface area contributed by atoms with Gasteiger partial charge in [0.25, 0.3) is 0 Å². The van der Waals surface area contributed by atoms with E-state index in [-0.39, 0.29) is 6.04 Å². The molecule has 0 saturated heterocycles. The molecule has 1 unspecified atom stereocenters. The number of hydrogen-bond acceptors (Lipinski definition) is 2. The smallest absolute Gasteiger partial charge is 0.119 e. The van der Waals surface area contributed by atoms with Crippen molar-refractivity contribution in [1.29, 1.82) is 0 Å². The van der Waals surface area contributed by atoms with Gasteiger partial charge in [-0.3, -0.25) is 0 Å². The van der Waals surface area contributed by atoms with Gasteiger partial charge in [0, 0.05) is 9.50 Å². The Morgan fingerprint density at radius 3 is 2.53 bits per heavy atom. The molecule has 0 bridgehead atoms. The number of nitrogens with one attached hydrogen (secondary N) is 1. The molecule has 0 aliphatic carbocycles. The molecule has 0 aliphatic rings. The molecular formula is C15H15BrClNO. The lowest BCUT2D eigenvalue weighted by Gasteiger charge is -2.20. The van der Waals surface area contributed by atoms with Gasteiger partial charge >= 0.3 is 0 Å². The van der Waals surface area contributed by atoms with Gasteiger partial charge in [0.1, 0.15) is 5.75 Å². The maximum absolute atomic E-state index is 6.29. The Labute approximate surface area is 126 Å². The predicted octanol–water partition coefficient (Wildman–Crippen LogP) is 4.42. The SMILES string of the molecule is CNC(c1ccccc1Cl)c1cc(OC)ccc1Br. The molecule has 0 amide bonds. The summed E-state index contributed by atoms with van der Waals surface area (Å²) in [6, 6.07) is 13.8. The van der Waals surface area contributed by atoms with E-state index in [0.717, 1.165) is 26.4 Å². The van der Waals surface area contributed by atoms with Crippen LogP contribution in [0.25, 0.3) is 0 Å². The van der Waals surface area contributed by atoms with Crippen molar-refractivity contribution in [3.63, 3.8) is 0 Å². The van der Waals surface area contributed by atoms with Crippen molar-refractivity contribution in [3.8, 4) is 5.75 Å². The highest BCUT2D eigenvalue weighted by Gasteiger charge is 2.18. The summed E-state index contributed by atoms with van der Waals surface area (Å²) in [5, 5.41) is 4.04. The first-order valence-corrected chi connectivity index (χ1v) is 7.09. The zero-order valence-corrected chi connectivity index (χ0v) is 13.1. The monoisotopic (exact) mass is 339 g/mol. The van der Waals surface area contributed by atoms with Gasteiger partial charge in [-0.25, -0.2) is 0 Å². The molecule has 4 heteroatoms. The fourth-order valence-electron chi connectivity index (χ4n) is 2.06. The van der Waals surface area contributed by atoms with Crippen LogP contribution in [0.1, 0.15) is 17.2 Å². The van der Waals surface area contributed by atoms with E-state index in [0.29, 0.717) is 0 Å². The van der Waals surface area contributed by atoms with Crippen molar-refractivity contribution in [2.24, 2.45) is 0 Å². The van der Waals surface area contributed by atoms with E-state index in [9.17, 15) is 0 Å². The summed E-state index contributed by atoms with van der Waals surface area (Å²) in [4.78, 5) is 0. The average molecular weight is 341 g/mol. The highest BCUT2D eigenvalue weighted by molar-refractivity contribution is 9.10. The standard InChI is InChI=1S/C15H15BrClNO/c1-18-15(11-5-3-4-6-14(11)17)12-9-10(19-2)7-8-13(12)16/h3-9,15,18H,1-2H3. The number of benzene rings is 2. The molecule has 0 heterocycles. The minimum atomic E-state index is 0.0122. The van der Waals surface area contributed by atoms with Crippen molar-refractivity contribution in [1.82, 2.24) is 5.32 Å². The number of methoxy groups -OCH3 is 1. The minimum Gasteiger partial charge on any atom is -0.497 e. The number of hydrogen-bond donors (Lipinski definition) is 1. The molecule has 2 rings (SSSR count). The van der Waals surface area contributed by atoms with Crippen LogP contribution in [0.4, 0.5) is 0 Å². The summed E-state index contributed by atoms with van der Waals surface area (Å²) in [6.45, 7) is 0. The van der Waals surface area contributed by atoms with E-state index in [1.54, 1.807) is 7.11 Å². The Hall–Kier alpha value is -1.03. The fourth-order valence-corrected chi connectivity index (χ4v) is 2.78. The van der Waals surface area contributed by atoms with Crippen LogP contribution in [0.15, 0.2) is 46.9 Å². The Morgan fingerprint density at radius 1 is 1.16 bits per heavy atom. The summed E-state index contributed by atoms with van der Waals surface area (Å²) in [5.41, 5.74) is 2.13. The lowest BCUT2D eigenvalue weighted by atomic mass is 9.98. The molecule has 2 aromatic rings. The zero-order valence-electron chi connectivity index (χ0n) is 10.8. The van der Waals surface area contributed by atoms with Gasteiger partial charge in [0.05, 0.1) is 13.2 Å². The number of halogens is 2. The van der Waals surface area contributed by atoms with Crippen molar-refractivity contribution >= 4 is 27.5 Å². The normalized spacial score (nSPS) is 12.2. The highest BCUT2D eigenvalue weighted by Crippen LogP contribution is 2.34. The third-order valence-electron chi connectivity index (χ3n) is 3.02. The highest BCUT2D eigenvalue weighted by atomic mass is 79.9. The van der Waals surface area contributed by atoms with Crippen LogP contribution in [-0.4, -0.2) is 14.2 Å². The lowest BCUT2D eigenvalue weighted by molar-refractivity contribution is 0.413. The van der Waals surface area contributed by atoms with Gasteiger partial charge in [0.15, 0.2) is 0 Å². The van der Waals surface area contributed by atoms with Crippen LogP contribution < -0.4 is 10.1 Å². The molecule has 0 aliphatic heterocycles. The minimum absolute atomic E-state index is 0.0122. The molecule has 0 spiro atoms. The summed E-state index contributed by atoms with van der Waals surface area (Å²) < 4.78 is 6.31. The van der Waals surface area contributed by atoms with Gasteiger partial charge in [-0.05, 0) is 42.4 Å². The average Bonchev–Trinajstić information content (AvgIpc) is 2.43. The van der Waals surface area contributed by atoms with E-state index in [4.69, 9.17) is 16.3 Å². The second kappa shape index (κ2) is 6.42. The zero-order chi connectivity index (χ0) is 13.8. The summed E-state index contributed by atoms with van der Waals surface area (Å²) in [7, 11) is 3.58. The lowest BCUT2D eigenvalue weighted by Crippen LogP contribution is -2.18. The van der Waals surface area contributed by atoms with Gasteiger partial charge in [-0.1, -0.05) is 45.7 Å². The van der Waals surface area contributed by atoms with Gasteiger partial charge in [-0.2, -0.15) is 0 Å². The first-order valence-electron chi connectivity index (χ1n) is 5.92. The number of ether oxygens (including phenoxy) is 1. The van der Waals surface area contributed by atoms with E-state index in [2.05, 4.69) is 21.2 Å². The first kappa shape index (κ1) is 14.4. The molecule has 1 N–H and O–H groups in total.